The lowest BCUT2D eigenvalue weighted by Gasteiger charge is -2.41. The van der Waals surface area contributed by atoms with Gasteiger partial charge in [0.1, 0.15) is 0 Å². The van der Waals surface area contributed by atoms with Crippen molar-refractivity contribution in [3.63, 3.8) is 0 Å². The van der Waals surface area contributed by atoms with Crippen LogP contribution in [0.3, 0.4) is 0 Å². The molecule has 3 N–H and O–H groups in total. The average Bonchev–Trinajstić information content (AvgIpc) is 3.03. The first-order chi connectivity index (χ1) is 7.83. The van der Waals surface area contributed by atoms with Crippen LogP contribution in [0, 0.1) is 11.8 Å². The quantitative estimate of drug-likeness (QED) is 0.569. The Kier molecular flexibility index (Phi) is 2.94. The maximum Gasteiger partial charge on any atom is 0.0685 e. The molecule has 1 aliphatic heterocycles. The highest BCUT2D eigenvalue weighted by atomic mass is 16.5. The van der Waals surface area contributed by atoms with Crippen molar-refractivity contribution < 1.29 is 4.74 Å². The number of hydrazine groups is 1. The molecule has 3 fully saturated rings. The smallest absolute Gasteiger partial charge is 0.0685 e. The average molecular weight is 224 g/mol. The van der Waals surface area contributed by atoms with Crippen LogP contribution < -0.4 is 11.3 Å². The van der Waals surface area contributed by atoms with Crippen LogP contribution in [-0.2, 0) is 4.74 Å². The number of nitrogens with one attached hydrogen (secondary N) is 1. The molecular weight excluding hydrogens is 200 g/mol. The predicted molar refractivity (Wildman–Crippen MR) is 63.7 cm³/mol. The predicted octanol–water partition coefficient (Wildman–Crippen LogP) is 1.97. The first-order valence-corrected chi connectivity index (χ1v) is 6.93. The van der Waals surface area contributed by atoms with Crippen molar-refractivity contribution in [2.24, 2.45) is 17.7 Å². The summed E-state index contributed by atoms with van der Waals surface area (Å²) in [4.78, 5) is 0. The van der Waals surface area contributed by atoms with E-state index in [1.165, 1.54) is 51.4 Å². The maximum absolute atomic E-state index is 6.08. The second-order valence-electron chi connectivity index (χ2n) is 6.02. The third-order valence-corrected chi connectivity index (χ3v) is 4.88. The van der Waals surface area contributed by atoms with E-state index in [0.29, 0.717) is 6.04 Å². The van der Waals surface area contributed by atoms with Gasteiger partial charge in [-0.3, -0.25) is 11.3 Å². The summed E-state index contributed by atoms with van der Waals surface area (Å²) in [5.41, 5.74) is 3.33. The van der Waals surface area contributed by atoms with Gasteiger partial charge in [-0.1, -0.05) is 12.8 Å². The van der Waals surface area contributed by atoms with Gasteiger partial charge >= 0.3 is 0 Å². The topological polar surface area (TPSA) is 47.3 Å². The zero-order valence-electron chi connectivity index (χ0n) is 10.1. The minimum Gasteiger partial charge on any atom is -0.375 e. The van der Waals surface area contributed by atoms with Gasteiger partial charge in [0.05, 0.1) is 5.60 Å². The van der Waals surface area contributed by atoms with Crippen LogP contribution in [0.4, 0.5) is 0 Å². The monoisotopic (exact) mass is 224 g/mol. The van der Waals surface area contributed by atoms with Crippen molar-refractivity contribution in [1.82, 2.24) is 5.43 Å². The molecule has 3 aliphatic rings. The van der Waals surface area contributed by atoms with E-state index in [-0.39, 0.29) is 5.60 Å². The molecule has 2 unspecified atom stereocenters. The lowest BCUT2D eigenvalue weighted by atomic mass is 9.79. The van der Waals surface area contributed by atoms with Crippen molar-refractivity contribution in [2.75, 3.05) is 6.61 Å². The van der Waals surface area contributed by atoms with E-state index in [4.69, 9.17) is 10.6 Å². The summed E-state index contributed by atoms with van der Waals surface area (Å²) >= 11 is 0. The first kappa shape index (κ1) is 11.0. The summed E-state index contributed by atoms with van der Waals surface area (Å²) in [7, 11) is 0. The Morgan fingerprint density at radius 1 is 1.12 bits per heavy atom. The van der Waals surface area contributed by atoms with Crippen LogP contribution in [0.5, 0.6) is 0 Å². The van der Waals surface area contributed by atoms with Crippen molar-refractivity contribution in [3.05, 3.63) is 0 Å². The van der Waals surface area contributed by atoms with E-state index >= 15 is 0 Å². The summed E-state index contributed by atoms with van der Waals surface area (Å²) in [6.45, 7) is 0.954. The van der Waals surface area contributed by atoms with Crippen molar-refractivity contribution >= 4 is 0 Å². The highest BCUT2D eigenvalue weighted by molar-refractivity contribution is 4.97. The summed E-state index contributed by atoms with van der Waals surface area (Å²) < 4.78 is 6.08. The molecule has 16 heavy (non-hydrogen) atoms. The number of nitrogens with two attached hydrogens (primary N) is 1. The molecule has 2 aliphatic carbocycles. The van der Waals surface area contributed by atoms with Gasteiger partial charge in [0, 0.05) is 12.6 Å². The van der Waals surface area contributed by atoms with Gasteiger partial charge in [0.25, 0.3) is 0 Å². The lowest BCUT2D eigenvalue weighted by molar-refractivity contribution is -0.0990. The number of ether oxygens (including phenoxy) is 1. The Morgan fingerprint density at radius 3 is 2.50 bits per heavy atom. The van der Waals surface area contributed by atoms with Crippen LogP contribution in [0.1, 0.15) is 51.4 Å². The van der Waals surface area contributed by atoms with E-state index in [1.54, 1.807) is 0 Å². The Bertz CT molecular complexity index is 246. The highest BCUT2D eigenvalue weighted by Crippen LogP contribution is 2.46. The highest BCUT2D eigenvalue weighted by Gasteiger charge is 2.45. The zero-order valence-corrected chi connectivity index (χ0v) is 10.1. The molecule has 3 rings (SSSR count). The van der Waals surface area contributed by atoms with Gasteiger partial charge < -0.3 is 4.74 Å². The molecule has 0 aromatic heterocycles. The van der Waals surface area contributed by atoms with Crippen LogP contribution in [0.2, 0.25) is 0 Å². The summed E-state index contributed by atoms with van der Waals surface area (Å²) in [5, 5.41) is 0. The molecule has 1 saturated heterocycles. The Labute approximate surface area is 98.1 Å². The first-order valence-electron chi connectivity index (χ1n) is 6.93. The maximum atomic E-state index is 6.08. The Morgan fingerprint density at radius 2 is 1.88 bits per heavy atom. The Hall–Kier alpha value is -0.120. The van der Waals surface area contributed by atoms with Gasteiger partial charge in [0.2, 0.25) is 0 Å². The second-order valence-corrected chi connectivity index (χ2v) is 6.02. The zero-order chi connectivity index (χ0) is 11.0. The fourth-order valence-electron chi connectivity index (χ4n) is 3.85. The SMILES string of the molecule is NNC(C1CC1)C1CCOC2(CCCC2)C1. The second kappa shape index (κ2) is 4.28. The third-order valence-electron chi connectivity index (χ3n) is 4.88. The molecule has 1 heterocycles. The summed E-state index contributed by atoms with van der Waals surface area (Å²) in [6.07, 6.45) is 10.5. The van der Waals surface area contributed by atoms with Crippen LogP contribution >= 0.6 is 0 Å². The molecule has 3 nitrogen and oxygen atoms in total. The molecule has 0 aromatic rings. The minimum atomic E-state index is 0.243. The normalized spacial score (nSPS) is 35.4. The fraction of sp³-hybridized carbons (Fsp3) is 1.00. The van der Waals surface area contributed by atoms with Crippen LogP contribution in [0.25, 0.3) is 0 Å². The molecule has 0 radical (unpaired) electrons. The molecular formula is C13H24N2O. The number of hydrogen-bond acceptors (Lipinski definition) is 3. The lowest BCUT2D eigenvalue weighted by Crippen LogP contribution is -2.48. The summed E-state index contributed by atoms with van der Waals surface area (Å²) in [5.74, 6) is 7.35. The van der Waals surface area contributed by atoms with E-state index in [9.17, 15) is 0 Å². The van der Waals surface area contributed by atoms with E-state index in [1.807, 2.05) is 0 Å². The fourth-order valence-corrected chi connectivity index (χ4v) is 3.85. The molecule has 1 spiro atoms. The van der Waals surface area contributed by atoms with Crippen molar-refractivity contribution in [1.29, 1.82) is 0 Å². The van der Waals surface area contributed by atoms with E-state index < -0.39 is 0 Å². The molecule has 2 atom stereocenters. The molecule has 92 valence electrons. The van der Waals surface area contributed by atoms with Gasteiger partial charge in [0.15, 0.2) is 0 Å². The van der Waals surface area contributed by atoms with Crippen LogP contribution in [-0.4, -0.2) is 18.2 Å². The molecule has 2 saturated carbocycles. The minimum absolute atomic E-state index is 0.243. The molecule has 0 bridgehead atoms. The molecule has 0 aromatic carbocycles. The van der Waals surface area contributed by atoms with Crippen molar-refractivity contribution in [2.45, 2.75) is 63.0 Å². The van der Waals surface area contributed by atoms with Crippen molar-refractivity contribution in [3.8, 4) is 0 Å². The third kappa shape index (κ3) is 2.01. The van der Waals surface area contributed by atoms with Gasteiger partial charge in [-0.2, -0.15) is 0 Å². The van der Waals surface area contributed by atoms with Gasteiger partial charge in [-0.25, -0.2) is 0 Å². The molecule has 3 heteroatoms. The summed E-state index contributed by atoms with van der Waals surface area (Å²) in [6, 6.07) is 0.557. The van der Waals surface area contributed by atoms with Gasteiger partial charge in [-0.05, 0) is 50.4 Å². The standard InChI is InChI=1S/C13H24N2O/c14-15-12(10-3-4-10)11-5-8-16-13(9-11)6-1-2-7-13/h10-12,15H,1-9,14H2. The van der Waals surface area contributed by atoms with Gasteiger partial charge in [-0.15, -0.1) is 0 Å². The van der Waals surface area contributed by atoms with E-state index in [0.717, 1.165) is 18.4 Å². The van der Waals surface area contributed by atoms with E-state index in [2.05, 4.69) is 5.43 Å². The number of hydrogen-bond donors (Lipinski definition) is 2. The van der Waals surface area contributed by atoms with Crippen LogP contribution in [0.15, 0.2) is 0 Å². The molecule has 0 amide bonds. The largest absolute Gasteiger partial charge is 0.375 e. The number of rotatable bonds is 3. The Balaban J connectivity index is 1.66.